The minimum Gasteiger partial charge on any atom is -0.389 e. The minimum absolute atomic E-state index is 0.172. The molecule has 1 heterocycles. The van der Waals surface area contributed by atoms with Crippen LogP contribution in [-0.4, -0.2) is 59.6 Å². The normalized spacial score (nSPS) is 28.3. The number of amides is 1. The van der Waals surface area contributed by atoms with Crippen molar-refractivity contribution >= 4 is 5.91 Å². The molecule has 0 radical (unpaired) electrons. The first kappa shape index (κ1) is 14.3. The predicted octanol–water partition coefficient (Wildman–Crippen LogP) is 1.62. The number of piperidine rings is 1. The van der Waals surface area contributed by atoms with Crippen LogP contribution in [0.3, 0.4) is 0 Å². The average molecular weight is 280 g/mol. The third-order valence-corrected chi connectivity index (χ3v) is 6.01. The van der Waals surface area contributed by atoms with Crippen molar-refractivity contribution in [1.82, 2.24) is 9.80 Å². The van der Waals surface area contributed by atoms with Crippen molar-refractivity contribution in [2.24, 2.45) is 5.41 Å². The fourth-order valence-corrected chi connectivity index (χ4v) is 4.10. The molecule has 4 nitrogen and oxygen atoms in total. The Morgan fingerprint density at radius 3 is 2.25 bits per heavy atom. The molecule has 20 heavy (non-hydrogen) atoms. The summed E-state index contributed by atoms with van der Waals surface area (Å²) in [7, 11) is 4.32. The Bertz CT molecular complexity index is 374. The smallest absolute Gasteiger partial charge is 0.225 e. The second-order valence-electron chi connectivity index (χ2n) is 7.66. The number of likely N-dealkylation sites (tertiary alicyclic amines) is 1. The molecule has 2 aliphatic carbocycles. The van der Waals surface area contributed by atoms with E-state index in [2.05, 4.69) is 19.0 Å². The highest BCUT2D eigenvalue weighted by molar-refractivity contribution is 5.77. The highest BCUT2D eigenvalue weighted by Crippen LogP contribution is 2.50. The number of nitrogens with zero attached hydrogens (tertiary/aromatic N) is 2. The van der Waals surface area contributed by atoms with Crippen LogP contribution in [0.2, 0.25) is 0 Å². The molecular formula is C16H28N2O2. The Morgan fingerprint density at radius 2 is 1.80 bits per heavy atom. The van der Waals surface area contributed by atoms with Gasteiger partial charge in [0.2, 0.25) is 5.91 Å². The van der Waals surface area contributed by atoms with Gasteiger partial charge in [-0.2, -0.15) is 0 Å². The monoisotopic (exact) mass is 280 g/mol. The summed E-state index contributed by atoms with van der Waals surface area (Å²) in [5.41, 5.74) is -0.155. The fraction of sp³-hybridized carbons (Fsp3) is 0.938. The van der Waals surface area contributed by atoms with Gasteiger partial charge in [0.25, 0.3) is 0 Å². The standard InChI is InChI=1S/C16H28N2O2/c1-17(2)13-10-15(11-13)6-8-18(9-7-15)14(19)12-16(20)4-3-5-16/h13,20H,3-12H2,1-2H3. The molecule has 0 unspecified atom stereocenters. The highest BCUT2D eigenvalue weighted by atomic mass is 16.3. The molecule has 1 amide bonds. The second kappa shape index (κ2) is 4.99. The topological polar surface area (TPSA) is 43.8 Å². The molecule has 0 aromatic rings. The Hall–Kier alpha value is -0.610. The zero-order valence-electron chi connectivity index (χ0n) is 12.9. The first-order valence-corrected chi connectivity index (χ1v) is 8.08. The van der Waals surface area contributed by atoms with Crippen LogP contribution < -0.4 is 0 Å². The summed E-state index contributed by atoms with van der Waals surface area (Å²) in [5.74, 6) is 0.172. The van der Waals surface area contributed by atoms with E-state index in [-0.39, 0.29) is 5.91 Å². The van der Waals surface area contributed by atoms with E-state index in [1.165, 1.54) is 12.8 Å². The molecule has 2 saturated carbocycles. The van der Waals surface area contributed by atoms with E-state index >= 15 is 0 Å². The van der Waals surface area contributed by atoms with Crippen molar-refractivity contribution in [1.29, 1.82) is 0 Å². The molecule has 3 aliphatic rings. The van der Waals surface area contributed by atoms with Gasteiger partial charge in [0.1, 0.15) is 0 Å². The van der Waals surface area contributed by atoms with Crippen LogP contribution in [-0.2, 0) is 4.79 Å². The summed E-state index contributed by atoms with van der Waals surface area (Å²) in [4.78, 5) is 16.6. The van der Waals surface area contributed by atoms with Crippen LogP contribution in [0.15, 0.2) is 0 Å². The molecule has 4 heteroatoms. The summed E-state index contributed by atoms with van der Waals surface area (Å²) in [6.45, 7) is 1.80. The summed E-state index contributed by atoms with van der Waals surface area (Å²) >= 11 is 0. The third-order valence-electron chi connectivity index (χ3n) is 6.01. The van der Waals surface area contributed by atoms with Crippen LogP contribution in [0.5, 0.6) is 0 Å². The van der Waals surface area contributed by atoms with Crippen LogP contribution >= 0.6 is 0 Å². The lowest BCUT2D eigenvalue weighted by Crippen LogP contribution is -2.54. The second-order valence-corrected chi connectivity index (χ2v) is 7.66. The number of carbonyl (C=O) groups excluding carboxylic acids is 1. The predicted molar refractivity (Wildman–Crippen MR) is 78.4 cm³/mol. The van der Waals surface area contributed by atoms with E-state index < -0.39 is 5.60 Å². The molecule has 1 saturated heterocycles. The molecule has 0 atom stereocenters. The molecule has 0 aromatic carbocycles. The van der Waals surface area contributed by atoms with Gasteiger partial charge < -0.3 is 14.9 Å². The quantitative estimate of drug-likeness (QED) is 0.854. The van der Waals surface area contributed by atoms with Gasteiger partial charge in [0.15, 0.2) is 0 Å². The third kappa shape index (κ3) is 2.60. The molecule has 114 valence electrons. The number of hydrogen-bond donors (Lipinski definition) is 1. The van der Waals surface area contributed by atoms with Gasteiger partial charge in [0, 0.05) is 19.1 Å². The lowest BCUT2D eigenvalue weighted by Gasteiger charge is -2.54. The van der Waals surface area contributed by atoms with Gasteiger partial charge in [-0.1, -0.05) is 0 Å². The summed E-state index contributed by atoms with van der Waals surface area (Å²) < 4.78 is 0. The zero-order valence-corrected chi connectivity index (χ0v) is 12.9. The van der Waals surface area contributed by atoms with E-state index in [1.807, 2.05) is 4.90 Å². The molecule has 1 spiro atoms. The van der Waals surface area contributed by atoms with Crippen LogP contribution in [0.4, 0.5) is 0 Å². The van der Waals surface area contributed by atoms with E-state index in [4.69, 9.17) is 0 Å². The van der Waals surface area contributed by atoms with Gasteiger partial charge in [-0.25, -0.2) is 0 Å². The van der Waals surface area contributed by atoms with Crippen molar-refractivity contribution in [2.45, 2.75) is 63.0 Å². The van der Waals surface area contributed by atoms with Gasteiger partial charge in [-0.05, 0) is 64.5 Å². The molecule has 3 rings (SSSR count). The van der Waals surface area contributed by atoms with Gasteiger partial charge in [-0.15, -0.1) is 0 Å². The lowest BCUT2D eigenvalue weighted by atomic mass is 9.60. The zero-order chi connectivity index (χ0) is 14.4. The molecule has 0 aromatic heterocycles. The molecular weight excluding hydrogens is 252 g/mol. The molecule has 3 fully saturated rings. The van der Waals surface area contributed by atoms with E-state index in [1.54, 1.807) is 0 Å². The molecule has 1 N–H and O–H groups in total. The average Bonchev–Trinajstić information content (AvgIpc) is 2.33. The van der Waals surface area contributed by atoms with Gasteiger partial charge in [0.05, 0.1) is 12.0 Å². The largest absolute Gasteiger partial charge is 0.389 e. The Labute approximate surface area is 122 Å². The first-order chi connectivity index (χ1) is 9.41. The number of aliphatic hydroxyl groups is 1. The highest BCUT2D eigenvalue weighted by Gasteiger charge is 2.47. The minimum atomic E-state index is -0.668. The summed E-state index contributed by atoms with van der Waals surface area (Å²) in [6.07, 6.45) is 7.93. The van der Waals surface area contributed by atoms with Gasteiger partial charge >= 0.3 is 0 Å². The lowest BCUT2D eigenvalue weighted by molar-refractivity contribution is -0.144. The SMILES string of the molecule is CN(C)C1CC2(CCN(C(=O)CC3(O)CCC3)CC2)C1. The first-order valence-electron chi connectivity index (χ1n) is 8.08. The summed E-state index contributed by atoms with van der Waals surface area (Å²) in [6, 6.07) is 0.743. The van der Waals surface area contributed by atoms with Crippen molar-refractivity contribution in [2.75, 3.05) is 27.2 Å². The number of carbonyl (C=O) groups is 1. The van der Waals surface area contributed by atoms with Crippen molar-refractivity contribution in [3.05, 3.63) is 0 Å². The van der Waals surface area contributed by atoms with Crippen LogP contribution in [0.25, 0.3) is 0 Å². The van der Waals surface area contributed by atoms with E-state index in [0.717, 1.165) is 51.2 Å². The fourth-order valence-electron chi connectivity index (χ4n) is 4.10. The van der Waals surface area contributed by atoms with E-state index in [0.29, 0.717) is 11.8 Å². The number of rotatable bonds is 3. The maximum atomic E-state index is 12.3. The Balaban J connectivity index is 1.46. The number of hydrogen-bond acceptors (Lipinski definition) is 3. The van der Waals surface area contributed by atoms with Gasteiger partial charge in [-0.3, -0.25) is 4.79 Å². The Kier molecular flexibility index (Phi) is 3.57. The summed E-state index contributed by atoms with van der Waals surface area (Å²) in [5, 5.41) is 10.1. The van der Waals surface area contributed by atoms with Crippen LogP contribution in [0.1, 0.15) is 51.4 Å². The van der Waals surface area contributed by atoms with Crippen molar-refractivity contribution < 1.29 is 9.90 Å². The molecule has 1 aliphatic heterocycles. The van der Waals surface area contributed by atoms with Crippen LogP contribution in [0, 0.1) is 5.41 Å². The molecule has 0 bridgehead atoms. The maximum absolute atomic E-state index is 12.3. The van der Waals surface area contributed by atoms with E-state index in [9.17, 15) is 9.90 Å². The van der Waals surface area contributed by atoms with Crippen molar-refractivity contribution in [3.8, 4) is 0 Å². The Morgan fingerprint density at radius 1 is 1.20 bits per heavy atom. The van der Waals surface area contributed by atoms with Crippen molar-refractivity contribution in [3.63, 3.8) is 0 Å². The maximum Gasteiger partial charge on any atom is 0.225 e.